The number of hydrogen-bond acceptors (Lipinski definition) is 4. The minimum absolute atomic E-state index is 0.0377. The zero-order valence-corrected chi connectivity index (χ0v) is 18.0. The molecule has 0 N–H and O–H groups in total. The van der Waals surface area contributed by atoms with Gasteiger partial charge in [-0.2, -0.15) is 0 Å². The van der Waals surface area contributed by atoms with Gasteiger partial charge in [0, 0.05) is 47.6 Å². The highest BCUT2D eigenvalue weighted by molar-refractivity contribution is 9.10. The fourth-order valence-corrected chi connectivity index (χ4v) is 3.99. The third-order valence-corrected chi connectivity index (χ3v) is 5.70. The van der Waals surface area contributed by atoms with Crippen molar-refractivity contribution in [3.05, 3.63) is 89.6 Å². The summed E-state index contributed by atoms with van der Waals surface area (Å²) in [5, 5.41) is 11.8. The Kier molecular flexibility index (Phi) is 4.70. The summed E-state index contributed by atoms with van der Waals surface area (Å²) in [5.74, 6) is 0. The Hall–Kier alpha value is -3.46. The summed E-state index contributed by atoms with van der Waals surface area (Å²) in [6.45, 7) is 1.66. The number of fused-ring (bicyclic) bond motifs is 1. The molecular weight excluding hydrogens is 452 g/mol. The van der Waals surface area contributed by atoms with Gasteiger partial charge in [-0.1, -0.05) is 34.1 Å². The van der Waals surface area contributed by atoms with Crippen LogP contribution in [0.1, 0.15) is 5.56 Å². The van der Waals surface area contributed by atoms with Gasteiger partial charge < -0.3 is 4.57 Å². The number of rotatable bonds is 3. The molecule has 0 aliphatic carbocycles. The van der Waals surface area contributed by atoms with E-state index in [1.54, 1.807) is 36.9 Å². The van der Waals surface area contributed by atoms with Crippen molar-refractivity contribution in [3.8, 4) is 16.9 Å². The second kappa shape index (κ2) is 7.10. The van der Waals surface area contributed by atoms with Crippen LogP contribution in [0.4, 0.5) is 5.69 Å². The Balaban J connectivity index is 2.21. The quantitative estimate of drug-likeness (QED) is 0.338. The second-order valence-corrected chi connectivity index (χ2v) is 7.97. The average Bonchev–Trinajstić information content (AvgIpc) is 3.11. The third kappa shape index (κ3) is 2.98. The van der Waals surface area contributed by atoms with Gasteiger partial charge in [0.05, 0.1) is 21.5 Å². The Bertz CT molecular complexity index is 1460. The van der Waals surface area contributed by atoms with E-state index in [1.165, 1.54) is 17.7 Å². The first-order chi connectivity index (χ1) is 14.2. The van der Waals surface area contributed by atoms with Crippen LogP contribution in [0.25, 0.3) is 27.8 Å². The van der Waals surface area contributed by atoms with Crippen LogP contribution in [0, 0.1) is 17.0 Å². The first-order valence-corrected chi connectivity index (χ1v) is 9.82. The lowest BCUT2D eigenvalue weighted by Crippen LogP contribution is -2.36. The molecule has 2 heterocycles. The Morgan fingerprint density at radius 1 is 1.03 bits per heavy atom. The topological polar surface area (TPSA) is 92.1 Å². The number of nitro groups is 1. The van der Waals surface area contributed by atoms with E-state index in [2.05, 4.69) is 15.9 Å². The molecule has 0 unspecified atom stereocenters. The maximum absolute atomic E-state index is 13.1. The molecule has 0 amide bonds. The number of nitro benzene ring substituents is 1. The van der Waals surface area contributed by atoms with Gasteiger partial charge in [-0.15, -0.1) is 0 Å². The maximum atomic E-state index is 13.1. The van der Waals surface area contributed by atoms with Gasteiger partial charge >= 0.3 is 5.69 Å². The smallest absolute Gasteiger partial charge is 0.314 e. The standard InChI is InChI=1S/C21H17BrN4O4/c1-12-7-8-13(9-16(12)26(29)30)19-18-17(23(2)21(28)24(3)20(18)27)11-25(19)15-6-4-5-14(22)10-15/h4-11H,1-3H3. The van der Waals surface area contributed by atoms with Gasteiger partial charge in [0.25, 0.3) is 11.2 Å². The molecule has 0 atom stereocenters. The normalized spacial score (nSPS) is 11.2. The van der Waals surface area contributed by atoms with Crippen molar-refractivity contribution in [3.63, 3.8) is 0 Å². The average molecular weight is 469 g/mol. The molecule has 0 aliphatic rings. The van der Waals surface area contributed by atoms with Gasteiger partial charge in [-0.25, -0.2) is 4.79 Å². The van der Waals surface area contributed by atoms with E-state index >= 15 is 0 Å². The lowest BCUT2D eigenvalue weighted by molar-refractivity contribution is -0.385. The number of aryl methyl sites for hydroxylation is 2. The van der Waals surface area contributed by atoms with Crippen LogP contribution < -0.4 is 11.2 Å². The lowest BCUT2D eigenvalue weighted by atomic mass is 10.1. The summed E-state index contributed by atoms with van der Waals surface area (Å²) in [6, 6.07) is 12.3. The van der Waals surface area contributed by atoms with Crippen molar-refractivity contribution in [2.24, 2.45) is 14.1 Å². The first kappa shape index (κ1) is 19.8. The molecule has 2 aromatic carbocycles. The summed E-state index contributed by atoms with van der Waals surface area (Å²) < 4.78 is 5.06. The van der Waals surface area contributed by atoms with Gasteiger partial charge in [0.15, 0.2) is 0 Å². The second-order valence-electron chi connectivity index (χ2n) is 7.05. The zero-order chi connectivity index (χ0) is 21.7. The van der Waals surface area contributed by atoms with Gasteiger partial charge in [0.1, 0.15) is 0 Å². The van der Waals surface area contributed by atoms with Crippen LogP contribution in [0.5, 0.6) is 0 Å². The van der Waals surface area contributed by atoms with Gasteiger partial charge in [-0.05, 0) is 25.1 Å². The van der Waals surface area contributed by atoms with Crippen LogP contribution in [0.2, 0.25) is 0 Å². The molecule has 0 radical (unpaired) electrons. The van der Waals surface area contributed by atoms with Crippen molar-refractivity contribution in [2.75, 3.05) is 0 Å². The predicted octanol–water partition coefficient (Wildman–Crippen LogP) is 3.67. The molecule has 4 aromatic rings. The number of halogens is 1. The van der Waals surface area contributed by atoms with Crippen LogP contribution >= 0.6 is 15.9 Å². The molecule has 152 valence electrons. The van der Waals surface area contributed by atoms with Crippen molar-refractivity contribution in [1.82, 2.24) is 13.7 Å². The zero-order valence-electron chi connectivity index (χ0n) is 16.4. The monoisotopic (exact) mass is 468 g/mol. The Morgan fingerprint density at radius 2 is 1.77 bits per heavy atom. The van der Waals surface area contributed by atoms with E-state index in [0.717, 1.165) is 14.7 Å². The van der Waals surface area contributed by atoms with Crippen molar-refractivity contribution >= 4 is 32.5 Å². The molecule has 4 rings (SSSR count). The molecular formula is C21H17BrN4O4. The van der Waals surface area contributed by atoms with E-state index in [1.807, 2.05) is 24.3 Å². The van der Waals surface area contributed by atoms with Crippen LogP contribution in [-0.4, -0.2) is 18.6 Å². The van der Waals surface area contributed by atoms with Crippen molar-refractivity contribution in [2.45, 2.75) is 6.92 Å². The molecule has 0 aliphatic heterocycles. The fourth-order valence-electron chi connectivity index (χ4n) is 3.61. The van der Waals surface area contributed by atoms with E-state index in [4.69, 9.17) is 0 Å². The highest BCUT2D eigenvalue weighted by Gasteiger charge is 2.22. The number of benzene rings is 2. The van der Waals surface area contributed by atoms with Gasteiger partial charge in [-0.3, -0.25) is 24.0 Å². The van der Waals surface area contributed by atoms with E-state index in [-0.39, 0.29) is 5.69 Å². The minimum atomic E-state index is -0.458. The predicted molar refractivity (Wildman–Crippen MR) is 118 cm³/mol. The van der Waals surface area contributed by atoms with Crippen LogP contribution in [0.3, 0.4) is 0 Å². The van der Waals surface area contributed by atoms with E-state index in [0.29, 0.717) is 27.7 Å². The highest BCUT2D eigenvalue weighted by atomic mass is 79.9. The van der Waals surface area contributed by atoms with Crippen molar-refractivity contribution in [1.29, 1.82) is 0 Å². The first-order valence-electron chi connectivity index (χ1n) is 9.03. The van der Waals surface area contributed by atoms with Crippen LogP contribution in [-0.2, 0) is 14.1 Å². The summed E-state index contributed by atoms with van der Waals surface area (Å²) in [4.78, 5) is 36.6. The number of nitrogens with zero attached hydrogens (tertiary/aromatic N) is 4. The minimum Gasteiger partial charge on any atom is -0.314 e. The molecule has 9 heteroatoms. The largest absolute Gasteiger partial charge is 0.330 e. The summed E-state index contributed by atoms with van der Waals surface area (Å²) in [5.41, 5.74) is 1.77. The van der Waals surface area contributed by atoms with Gasteiger partial charge in [0.2, 0.25) is 0 Å². The lowest BCUT2D eigenvalue weighted by Gasteiger charge is -2.11. The summed E-state index contributed by atoms with van der Waals surface area (Å²) >= 11 is 3.45. The number of aromatic nitrogens is 3. The highest BCUT2D eigenvalue weighted by Crippen LogP contribution is 2.34. The Labute approximate surface area is 178 Å². The Morgan fingerprint density at radius 3 is 2.43 bits per heavy atom. The maximum Gasteiger partial charge on any atom is 0.330 e. The molecule has 2 aromatic heterocycles. The molecule has 0 saturated carbocycles. The molecule has 8 nitrogen and oxygen atoms in total. The molecule has 0 bridgehead atoms. The molecule has 30 heavy (non-hydrogen) atoms. The van der Waals surface area contributed by atoms with Crippen LogP contribution in [0.15, 0.2) is 62.7 Å². The summed E-state index contributed by atoms with van der Waals surface area (Å²) in [7, 11) is 3.01. The molecule has 0 spiro atoms. The van der Waals surface area contributed by atoms with E-state index in [9.17, 15) is 19.7 Å². The SMILES string of the molecule is Cc1ccc(-c2c3c(=O)n(C)c(=O)n(C)c3cn2-c2cccc(Br)c2)cc1[N+](=O)[O-]. The fraction of sp³-hybridized carbons (Fsp3) is 0.143. The summed E-state index contributed by atoms with van der Waals surface area (Å²) in [6.07, 6.45) is 1.71. The molecule has 0 fully saturated rings. The number of hydrogen-bond donors (Lipinski definition) is 0. The molecule has 0 saturated heterocycles. The van der Waals surface area contributed by atoms with E-state index < -0.39 is 16.2 Å². The van der Waals surface area contributed by atoms with Crippen molar-refractivity contribution < 1.29 is 4.92 Å². The third-order valence-electron chi connectivity index (χ3n) is 5.20.